The van der Waals surface area contributed by atoms with Crippen molar-refractivity contribution in [3.05, 3.63) is 0 Å². The van der Waals surface area contributed by atoms with Crippen molar-refractivity contribution >= 4 is 12.0 Å². The number of hydrogen-bond donors (Lipinski definition) is 3. The molecule has 6 heteroatoms. The Morgan fingerprint density at radius 2 is 2.11 bits per heavy atom. The number of amides is 2. The number of carboxylic acid groups (broad SMARTS) is 1. The standard InChI is InChI=1S/C12H22N2O4/c1-8(2)9-4-6-14(7-9)12(18)13-5-3-10(15)11(16)17/h8-10,15H,3-7H2,1-2H3,(H,13,18)(H,16,17)/t9?,10-/m0/s1. The average Bonchev–Trinajstić information content (AvgIpc) is 2.77. The largest absolute Gasteiger partial charge is 0.479 e. The summed E-state index contributed by atoms with van der Waals surface area (Å²) in [5.41, 5.74) is 0. The molecule has 0 aromatic carbocycles. The average molecular weight is 258 g/mol. The molecule has 104 valence electrons. The molecule has 1 unspecified atom stereocenters. The van der Waals surface area contributed by atoms with Gasteiger partial charge in [-0.3, -0.25) is 0 Å². The van der Waals surface area contributed by atoms with Gasteiger partial charge >= 0.3 is 12.0 Å². The summed E-state index contributed by atoms with van der Waals surface area (Å²) < 4.78 is 0. The number of urea groups is 1. The Hall–Kier alpha value is -1.30. The van der Waals surface area contributed by atoms with Crippen LogP contribution in [0.2, 0.25) is 0 Å². The maximum absolute atomic E-state index is 11.8. The Balaban J connectivity index is 2.24. The summed E-state index contributed by atoms with van der Waals surface area (Å²) in [6.07, 6.45) is -0.363. The van der Waals surface area contributed by atoms with E-state index in [9.17, 15) is 9.59 Å². The molecule has 0 radical (unpaired) electrons. The lowest BCUT2D eigenvalue weighted by Gasteiger charge is -2.19. The molecule has 1 aliphatic rings. The highest BCUT2D eigenvalue weighted by atomic mass is 16.4. The predicted octanol–water partition coefficient (Wildman–Crippen LogP) is 0.509. The number of hydrogen-bond acceptors (Lipinski definition) is 3. The number of carbonyl (C=O) groups excluding carboxylic acids is 1. The van der Waals surface area contributed by atoms with Crippen LogP contribution in [0.5, 0.6) is 0 Å². The minimum absolute atomic E-state index is 0.0303. The fourth-order valence-electron chi connectivity index (χ4n) is 2.07. The molecule has 0 aromatic rings. The fourth-order valence-corrected chi connectivity index (χ4v) is 2.07. The van der Waals surface area contributed by atoms with Crippen LogP contribution in [0.4, 0.5) is 4.79 Å². The zero-order valence-corrected chi connectivity index (χ0v) is 10.9. The first-order chi connectivity index (χ1) is 8.41. The molecule has 1 saturated heterocycles. The number of nitrogens with one attached hydrogen (secondary N) is 1. The molecule has 0 saturated carbocycles. The monoisotopic (exact) mass is 258 g/mol. The molecular weight excluding hydrogens is 236 g/mol. The van der Waals surface area contributed by atoms with Crippen LogP contribution in [-0.4, -0.2) is 52.9 Å². The van der Waals surface area contributed by atoms with Gasteiger partial charge < -0.3 is 20.4 Å². The predicted molar refractivity (Wildman–Crippen MR) is 66.2 cm³/mol. The summed E-state index contributed by atoms with van der Waals surface area (Å²) >= 11 is 0. The normalized spacial score (nSPS) is 21.1. The minimum atomic E-state index is -1.41. The van der Waals surface area contributed by atoms with E-state index in [1.807, 2.05) is 0 Å². The van der Waals surface area contributed by atoms with Crippen molar-refractivity contribution in [2.24, 2.45) is 11.8 Å². The third-order valence-electron chi connectivity index (χ3n) is 3.43. The van der Waals surface area contributed by atoms with Crippen molar-refractivity contribution in [3.8, 4) is 0 Å². The molecule has 2 atom stereocenters. The molecule has 0 aliphatic carbocycles. The number of likely N-dealkylation sites (tertiary alicyclic amines) is 1. The van der Waals surface area contributed by atoms with E-state index in [0.717, 1.165) is 19.5 Å². The highest BCUT2D eigenvalue weighted by Crippen LogP contribution is 2.23. The number of aliphatic hydroxyl groups is 1. The lowest BCUT2D eigenvalue weighted by atomic mass is 9.95. The Morgan fingerprint density at radius 1 is 1.44 bits per heavy atom. The topological polar surface area (TPSA) is 89.9 Å². The number of carboxylic acids is 1. The molecule has 0 aromatic heterocycles. The van der Waals surface area contributed by atoms with Gasteiger partial charge in [0.2, 0.25) is 0 Å². The van der Waals surface area contributed by atoms with Gasteiger partial charge in [0.15, 0.2) is 6.10 Å². The molecule has 18 heavy (non-hydrogen) atoms. The van der Waals surface area contributed by atoms with Crippen molar-refractivity contribution in [2.75, 3.05) is 19.6 Å². The van der Waals surface area contributed by atoms with Crippen LogP contribution in [0, 0.1) is 11.8 Å². The van der Waals surface area contributed by atoms with E-state index in [4.69, 9.17) is 10.2 Å². The molecule has 0 spiro atoms. The highest BCUT2D eigenvalue weighted by molar-refractivity contribution is 5.75. The van der Waals surface area contributed by atoms with Gasteiger partial charge in [-0.05, 0) is 18.3 Å². The van der Waals surface area contributed by atoms with Gasteiger partial charge in [-0.1, -0.05) is 13.8 Å². The van der Waals surface area contributed by atoms with E-state index in [2.05, 4.69) is 19.2 Å². The van der Waals surface area contributed by atoms with Crippen molar-refractivity contribution in [1.82, 2.24) is 10.2 Å². The first-order valence-corrected chi connectivity index (χ1v) is 6.35. The quantitative estimate of drug-likeness (QED) is 0.670. The molecule has 1 aliphatic heterocycles. The molecule has 1 heterocycles. The molecule has 1 rings (SSSR count). The van der Waals surface area contributed by atoms with E-state index < -0.39 is 12.1 Å². The Bertz CT molecular complexity index is 306. The third kappa shape index (κ3) is 4.18. The van der Waals surface area contributed by atoms with Crippen LogP contribution in [0.1, 0.15) is 26.7 Å². The van der Waals surface area contributed by atoms with Crippen molar-refractivity contribution in [2.45, 2.75) is 32.8 Å². The van der Waals surface area contributed by atoms with Gasteiger partial charge in [-0.25, -0.2) is 9.59 Å². The zero-order valence-electron chi connectivity index (χ0n) is 10.9. The number of rotatable bonds is 5. The number of carbonyl (C=O) groups is 2. The van der Waals surface area contributed by atoms with Gasteiger partial charge in [0.1, 0.15) is 0 Å². The van der Waals surface area contributed by atoms with Gasteiger partial charge in [0, 0.05) is 26.1 Å². The second-order valence-electron chi connectivity index (χ2n) is 5.11. The number of aliphatic carboxylic acids is 1. The van der Waals surface area contributed by atoms with Crippen molar-refractivity contribution < 1.29 is 19.8 Å². The molecule has 0 bridgehead atoms. The summed E-state index contributed by atoms with van der Waals surface area (Å²) in [5.74, 6) is -0.151. The van der Waals surface area contributed by atoms with Crippen LogP contribution < -0.4 is 5.32 Å². The molecular formula is C12H22N2O4. The van der Waals surface area contributed by atoms with Gasteiger partial charge in [-0.15, -0.1) is 0 Å². The molecule has 6 nitrogen and oxygen atoms in total. The van der Waals surface area contributed by atoms with Crippen LogP contribution in [0.15, 0.2) is 0 Å². The van der Waals surface area contributed by atoms with Crippen molar-refractivity contribution in [3.63, 3.8) is 0 Å². The van der Waals surface area contributed by atoms with E-state index >= 15 is 0 Å². The summed E-state index contributed by atoms with van der Waals surface area (Å²) in [6, 6.07) is -0.171. The van der Waals surface area contributed by atoms with Crippen LogP contribution in [0.25, 0.3) is 0 Å². The maximum Gasteiger partial charge on any atom is 0.332 e. The van der Waals surface area contributed by atoms with Gasteiger partial charge in [-0.2, -0.15) is 0 Å². The van der Waals surface area contributed by atoms with Crippen molar-refractivity contribution in [1.29, 1.82) is 0 Å². The van der Waals surface area contributed by atoms with E-state index in [1.165, 1.54) is 0 Å². The SMILES string of the molecule is CC(C)C1CCN(C(=O)NCC[C@H](O)C(=O)O)C1. The number of aliphatic hydroxyl groups excluding tert-OH is 1. The second kappa shape index (κ2) is 6.58. The molecule has 3 N–H and O–H groups in total. The third-order valence-corrected chi connectivity index (χ3v) is 3.43. The summed E-state index contributed by atoms with van der Waals surface area (Å²) in [5, 5.41) is 20.2. The zero-order chi connectivity index (χ0) is 13.7. The van der Waals surface area contributed by atoms with E-state index in [1.54, 1.807) is 4.90 Å². The highest BCUT2D eigenvalue weighted by Gasteiger charge is 2.27. The lowest BCUT2D eigenvalue weighted by Crippen LogP contribution is -2.40. The van der Waals surface area contributed by atoms with Gasteiger partial charge in [0.05, 0.1) is 0 Å². The van der Waals surface area contributed by atoms with Gasteiger partial charge in [0.25, 0.3) is 0 Å². The summed E-state index contributed by atoms with van der Waals surface area (Å²) in [7, 11) is 0. The fraction of sp³-hybridized carbons (Fsp3) is 0.833. The first-order valence-electron chi connectivity index (χ1n) is 6.35. The molecule has 1 fully saturated rings. The summed E-state index contributed by atoms with van der Waals surface area (Å²) in [6.45, 7) is 5.97. The number of nitrogens with zero attached hydrogens (tertiary/aromatic N) is 1. The van der Waals surface area contributed by atoms with Crippen LogP contribution >= 0.6 is 0 Å². The Kier molecular flexibility index (Phi) is 5.40. The Labute approximate surface area is 107 Å². The van der Waals surface area contributed by atoms with E-state index in [-0.39, 0.29) is 19.0 Å². The minimum Gasteiger partial charge on any atom is -0.479 e. The maximum atomic E-state index is 11.8. The van der Waals surface area contributed by atoms with Crippen LogP contribution in [0.3, 0.4) is 0 Å². The molecule has 2 amide bonds. The second-order valence-corrected chi connectivity index (χ2v) is 5.11. The lowest BCUT2D eigenvalue weighted by molar-refractivity contribution is -0.146. The smallest absolute Gasteiger partial charge is 0.332 e. The summed E-state index contributed by atoms with van der Waals surface area (Å²) in [4.78, 5) is 23.9. The first kappa shape index (κ1) is 14.8. The van der Waals surface area contributed by atoms with Crippen LogP contribution in [-0.2, 0) is 4.79 Å². The Morgan fingerprint density at radius 3 is 2.61 bits per heavy atom. The van der Waals surface area contributed by atoms with E-state index in [0.29, 0.717) is 11.8 Å².